The van der Waals surface area contributed by atoms with Crippen LogP contribution in [-0.2, 0) is 0 Å². The monoisotopic (exact) mass is 407 g/mol. The first kappa shape index (κ1) is 20.1. The van der Waals surface area contributed by atoms with Crippen LogP contribution in [0.25, 0.3) is 10.8 Å². The zero-order valence-corrected chi connectivity index (χ0v) is 16.9. The average molecular weight is 407 g/mol. The molecule has 0 unspecified atom stereocenters. The number of fused-ring (bicyclic) bond motifs is 1. The maximum absolute atomic E-state index is 12.6. The first-order chi connectivity index (χ1) is 15.3. The molecule has 4 aromatic carbocycles. The van der Waals surface area contributed by atoms with Crippen LogP contribution in [-0.4, -0.2) is 19.1 Å². The highest BCUT2D eigenvalue weighted by atomic mass is 16.5. The van der Waals surface area contributed by atoms with Crippen molar-refractivity contribution < 1.29 is 14.3 Å². The molecule has 0 aliphatic rings. The van der Waals surface area contributed by atoms with Gasteiger partial charge in [-0.25, -0.2) is 0 Å². The minimum atomic E-state index is -0.240. The second-order valence-corrected chi connectivity index (χ2v) is 6.71. The van der Waals surface area contributed by atoms with Crippen LogP contribution in [0.2, 0.25) is 0 Å². The number of amides is 1. The molecule has 1 amide bonds. The van der Waals surface area contributed by atoms with E-state index >= 15 is 0 Å². The summed E-state index contributed by atoms with van der Waals surface area (Å²) in [5.41, 5.74) is 0.458. The molecule has 0 saturated carbocycles. The normalized spacial score (nSPS) is 10.1. The van der Waals surface area contributed by atoms with E-state index in [1.807, 2.05) is 78.9 Å². The second-order valence-electron chi connectivity index (χ2n) is 6.71. The zero-order chi connectivity index (χ0) is 21.3. The van der Waals surface area contributed by atoms with Crippen molar-refractivity contribution in [3.8, 4) is 29.1 Å². The number of benzene rings is 4. The third-order valence-corrected chi connectivity index (χ3v) is 4.61. The van der Waals surface area contributed by atoms with Gasteiger partial charge in [-0.1, -0.05) is 78.6 Å². The summed E-state index contributed by atoms with van der Waals surface area (Å²) < 4.78 is 11.6. The van der Waals surface area contributed by atoms with Gasteiger partial charge in [0.25, 0.3) is 5.91 Å². The molecule has 4 heteroatoms. The molecule has 0 atom stereocenters. The molecule has 0 aromatic heterocycles. The van der Waals surface area contributed by atoms with Gasteiger partial charge < -0.3 is 14.8 Å². The summed E-state index contributed by atoms with van der Waals surface area (Å²) >= 11 is 0. The zero-order valence-electron chi connectivity index (χ0n) is 16.9. The van der Waals surface area contributed by atoms with E-state index in [9.17, 15) is 4.79 Å². The van der Waals surface area contributed by atoms with Gasteiger partial charge in [0.2, 0.25) is 0 Å². The van der Waals surface area contributed by atoms with Crippen molar-refractivity contribution in [2.45, 2.75) is 0 Å². The van der Waals surface area contributed by atoms with E-state index in [-0.39, 0.29) is 19.1 Å². The molecule has 4 rings (SSSR count). The maximum atomic E-state index is 12.6. The Labute approximate surface area is 181 Å². The van der Waals surface area contributed by atoms with Gasteiger partial charge in [0.15, 0.2) is 0 Å². The highest BCUT2D eigenvalue weighted by Gasteiger charge is 2.11. The molecule has 4 nitrogen and oxygen atoms in total. The number of nitrogens with one attached hydrogen (secondary N) is 1. The van der Waals surface area contributed by atoms with E-state index < -0.39 is 0 Å². The van der Waals surface area contributed by atoms with Crippen molar-refractivity contribution >= 4 is 16.7 Å². The lowest BCUT2D eigenvalue weighted by Gasteiger charge is -2.10. The Balaban J connectivity index is 1.32. The van der Waals surface area contributed by atoms with Crippen LogP contribution in [0, 0.1) is 11.8 Å². The van der Waals surface area contributed by atoms with Crippen molar-refractivity contribution in [1.29, 1.82) is 0 Å². The molecule has 152 valence electrons. The molecule has 0 radical (unpaired) electrons. The highest BCUT2D eigenvalue weighted by molar-refractivity contribution is 5.97. The Bertz CT molecular complexity index is 1230. The minimum Gasteiger partial charge on any atom is -0.480 e. The number of carbonyl (C=O) groups excluding carboxylic acids is 1. The van der Waals surface area contributed by atoms with Gasteiger partial charge in [-0.05, 0) is 35.7 Å². The van der Waals surface area contributed by atoms with E-state index in [0.717, 1.165) is 16.5 Å². The van der Waals surface area contributed by atoms with Crippen molar-refractivity contribution in [3.05, 3.63) is 103 Å². The fourth-order valence-electron chi connectivity index (χ4n) is 3.13. The summed E-state index contributed by atoms with van der Waals surface area (Å²) in [4.78, 5) is 12.6. The Morgan fingerprint density at radius 1 is 0.742 bits per heavy atom. The van der Waals surface area contributed by atoms with E-state index in [1.54, 1.807) is 18.2 Å². The molecule has 0 aliphatic carbocycles. The first-order valence-corrected chi connectivity index (χ1v) is 9.98. The fourth-order valence-corrected chi connectivity index (χ4v) is 3.13. The standard InChI is InChI=1S/C27H21NO3/c29-27(24-16-6-7-17-26(24)31-22-13-2-1-3-14-22)28-19-8-9-20-30-25-18-10-12-21-11-4-5-15-23(21)25/h1-7,10-18H,19-20H2,(H,28,29). The predicted molar refractivity (Wildman–Crippen MR) is 123 cm³/mol. The summed E-state index contributed by atoms with van der Waals surface area (Å²) in [6.45, 7) is 0.467. The molecule has 0 spiro atoms. The topological polar surface area (TPSA) is 47.6 Å². The van der Waals surface area contributed by atoms with Gasteiger partial charge in [0, 0.05) is 5.39 Å². The van der Waals surface area contributed by atoms with E-state index in [0.29, 0.717) is 17.1 Å². The van der Waals surface area contributed by atoms with E-state index in [4.69, 9.17) is 9.47 Å². The summed E-state index contributed by atoms with van der Waals surface area (Å²) in [5.74, 6) is 7.60. The summed E-state index contributed by atoms with van der Waals surface area (Å²) in [6, 6.07) is 30.5. The smallest absolute Gasteiger partial charge is 0.255 e. The van der Waals surface area contributed by atoms with Crippen LogP contribution in [0.1, 0.15) is 10.4 Å². The van der Waals surface area contributed by atoms with Crippen LogP contribution >= 0.6 is 0 Å². The van der Waals surface area contributed by atoms with Crippen molar-refractivity contribution in [1.82, 2.24) is 5.32 Å². The molecule has 1 N–H and O–H groups in total. The van der Waals surface area contributed by atoms with Gasteiger partial charge in [0.05, 0.1) is 12.1 Å². The molecule has 0 fully saturated rings. The predicted octanol–water partition coefficient (Wildman–Crippen LogP) is 5.44. The highest BCUT2D eigenvalue weighted by Crippen LogP contribution is 2.25. The summed E-state index contributed by atoms with van der Waals surface area (Å²) in [7, 11) is 0. The average Bonchev–Trinajstić information content (AvgIpc) is 2.82. The second kappa shape index (κ2) is 10.00. The molecule has 0 saturated heterocycles. The van der Waals surface area contributed by atoms with Gasteiger partial charge in [-0.15, -0.1) is 0 Å². The quantitative estimate of drug-likeness (QED) is 0.433. The molecule has 0 aliphatic heterocycles. The number of rotatable bonds is 6. The molecular formula is C27H21NO3. The van der Waals surface area contributed by atoms with Crippen LogP contribution < -0.4 is 14.8 Å². The lowest BCUT2D eigenvalue weighted by atomic mass is 10.1. The van der Waals surface area contributed by atoms with Gasteiger partial charge >= 0.3 is 0 Å². The lowest BCUT2D eigenvalue weighted by molar-refractivity contribution is 0.0956. The van der Waals surface area contributed by atoms with Crippen molar-refractivity contribution in [3.63, 3.8) is 0 Å². The Morgan fingerprint density at radius 2 is 1.45 bits per heavy atom. The van der Waals surface area contributed by atoms with Crippen molar-refractivity contribution in [2.75, 3.05) is 13.2 Å². The minimum absolute atomic E-state index is 0.220. The molecule has 31 heavy (non-hydrogen) atoms. The molecule has 0 heterocycles. The number of hydrogen-bond acceptors (Lipinski definition) is 3. The fraction of sp³-hybridized carbons (Fsp3) is 0.0741. The van der Waals surface area contributed by atoms with Crippen LogP contribution in [0.3, 0.4) is 0 Å². The van der Waals surface area contributed by atoms with Crippen LogP contribution in [0.15, 0.2) is 97.1 Å². The lowest BCUT2D eigenvalue weighted by Crippen LogP contribution is -2.24. The SMILES string of the molecule is O=C(NCC#CCOc1cccc2ccccc12)c1ccccc1Oc1ccccc1. The largest absolute Gasteiger partial charge is 0.480 e. The van der Waals surface area contributed by atoms with Crippen LogP contribution in [0.5, 0.6) is 17.2 Å². The molecule has 4 aromatic rings. The van der Waals surface area contributed by atoms with Gasteiger partial charge in [-0.3, -0.25) is 4.79 Å². The van der Waals surface area contributed by atoms with Crippen molar-refractivity contribution in [2.24, 2.45) is 0 Å². The number of ether oxygens (including phenoxy) is 2. The van der Waals surface area contributed by atoms with Gasteiger partial charge in [0.1, 0.15) is 23.9 Å². The van der Waals surface area contributed by atoms with Gasteiger partial charge in [-0.2, -0.15) is 0 Å². The molecule has 0 bridgehead atoms. The number of para-hydroxylation sites is 2. The van der Waals surface area contributed by atoms with E-state index in [1.165, 1.54) is 0 Å². The molecular weight excluding hydrogens is 386 g/mol. The maximum Gasteiger partial charge on any atom is 0.255 e. The number of hydrogen-bond donors (Lipinski definition) is 1. The third-order valence-electron chi connectivity index (χ3n) is 4.61. The Kier molecular flexibility index (Phi) is 6.47. The summed E-state index contributed by atoms with van der Waals surface area (Å²) in [6.07, 6.45) is 0. The Hall–Kier alpha value is -4.23. The Morgan fingerprint density at radius 3 is 2.35 bits per heavy atom. The summed E-state index contributed by atoms with van der Waals surface area (Å²) in [5, 5.41) is 4.98. The first-order valence-electron chi connectivity index (χ1n) is 9.98. The number of carbonyl (C=O) groups is 1. The van der Waals surface area contributed by atoms with E-state index in [2.05, 4.69) is 17.2 Å². The van der Waals surface area contributed by atoms with Crippen LogP contribution in [0.4, 0.5) is 0 Å². The third kappa shape index (κ3) is 5.23.